The molecular weight excluding hydrogens is 413 g/mol. The van der Waals surface area contributed by atoms with Gasteiger partial charge in [-0.3, -0.25) is 4.79 Å². The van der Waals surface area contributed by atoms with Gasteiger partial charge in [-0.15, -0.1) is 0 Å². The van der Waals surface area contributed by atoms with E-state index in [4.69, 9.17) is 4.74 Å². The number of carbonyl (C=O) groups excluding carboxylic acids is 1. The van der Waals surface area contributed by atoms with Gasteiger partial charge in [-0.2, -0.15) is 22.5 Å². The van der Waals surface area contributed by atoms with Gasteiger partial charge in [0, 0.05) is 16.7 Å². The van der Waals surface area contributed by atoms with Crippen LogP contribution in [0.1, 0.15) is 16.4 Å². The lowest BCUT2D eigenvalue weighted by Gasteiger charge is -2.05. The second-order valence-corrected chi connectivity index (χ2v) is 7.99. The second-order valence-electron chi connectivity index (χ2n) is 5.73. The summed E-state index contributed by atoms with van der Waals surface area (Å²) in [5.41, 5.74) is 0.204. The molecule has 0 saturated heterocycles. The number of alkyl halides is 3. The van der Waals surface area contributed by atoms with Crippen molar-refractivity contribution < 1.29 is 31.4 Å². The van der Waals surface area contributed by atoms with E-state index in [1.54, 1.807) is 0 Å². The van der Waals surface area contributed by atoms with E-state index in [1.807, 2.05) is 0 Å². The summed E-state index contributed by atoms with van der Waals surface area (Å²) in [7, 11) is -1.68. The van der Waals surface area contributed by atoms with Gasteiger partial charge in [-0.25, -0.2) is 9.19 Å². The third-order valence-corrected chi connectivity index (χ3v) is 5.33. The van der Waals surface area contributed by atoms with E-state index in [0.29, 0.717) is 5.75 Å². The van der Waals surface area contributed by atoms with Crippen molar-refractivity contribution in [1.29, 1.82) is 0 Å². The molecule has 0 spiro atoms. The number of methoxy groups -OCH3 is 1. The van der Waals surface area contributed by atoms with Crippen LogP contribution in [-0.2, 0) is 15.9 Å². The molecule has 2 heterocycles. The standard InChI is InChI=1S/C17H13F3N4O4S/c1-27-11-5-8-13(21-9-11)15(25)24-29(2,26)12-6-3-10(4-7-12)14-22-16(28-23-14)17(18,19)20/h3-9H,1-2H3. The SMILES string of the molecule is COc1ccc(C(=O)N=S(C)(=O)c2ccc(-c3noc(C(F)(F)F)n3)cc2)nc1. The summed E-state index contributed by atoms with van der Waals surface area (Å²) in [6.45, 7) is 0. The fourth-order valence-electron chi connectivity index (χ4n) is 2.20. The van der Waals surface area contributed by atoms with Crippen molar-refractivity contribution in [3.63, 3.8) is 0 Å². The first kappa shape index (κ1) is 20.5. The van der Waals surface area contributed by atoms with E-state index in [2.05, 4.69) is 24.0 Å². The molecule has 8 nitrogen and oxygen atoms in total. The van der Waals surface area contributed by atoms with Crippen LogP contribution in [0.2, 0.25) is 0 Å². The minimum atomic E-state index is -4.75. The highest BCUT2D eigenvalue weighted by molar-refractivity contribution is 7.93. The van der Waals surface area contributed by atoms with E-state index in [-0.39, 0.29) is 22.0 Å². The Morgan fingerprint density at radius 2 is 1.86 bits per heavy atom. The number of aromatic nitrogens is 3. The van der Waals surface area contributed by atoms with Crippen molar-refractivity contribution >= 4 is 15.6 Å². The van der Waals surface area contributed by atoms with Gasteiger partial charge in [0.15, 0.2) is 0 Å². The summed E-state index contributed by atoms with van der Waals surface area (Å²) < 4.78 is 63.3. The first-order valence-corrected chi connectivity index (χ1v) is 9.80. The Kier molecular flexibility index (Phi) is 5.38. The molecule has 0 N–H and O–H groups in total. The number of carbonyl (C=O) groups is 1. The van der Waals surface area contributed by atoms with Crippen LogP contribution in [0.3, 0.4) is 0 Å². The normalized spacial score (nSPS) is 13.6. The number of hydrogen-bond acceptors (Lipinski definition) is 7. The highest BCUT2D eigenvalue weighted by Gasteiger charge is 2.38. The van der Waals surface area contributed by atoms with E-state index in [0.717, 1.165) is 0 Å². The fourth-order valence-corrected chi connectivity index (χ4v) is 3.35. The van der Waals surface area contributed by atoms with Crippen LogP contribution in [0, 0.1) is 0 Å². The van der Waals surface area contributed by atoms with Crippen LogP contribution in [0.4, 0.5) is 13.2 Å². The first-order valence-electron chi connectivity index (χ1n) is 7.88. The third kappa shape index (κ3) is 4.59. The number of hydrogen-bond donors (Lipinski definition) is 0. The van der Waals surface area contributed by atoms with Gasteiger partial charge in [0.05, 0.1) is 23.0 Å². The number of pyridine rings is 1. The van der Waals surface area contributed by atoms with Crippen LogP contribution in [0.5, 0.6) is 5.75 Å². The van der Waals surface area contributed by atoms with E-state index < -0.39 is 27.7 Å². The Balaban J connectivity index is 1.85. The molecule has 1 atom stereocenters. The molecule has 152 valence electrons. The van der Waals surface area contributed by atoms with Crippen molar-refractivity contribution in [3.05, 3.63) is 54.2 Å². The summed E-state index contributed by atoms with van der Waals surface area (Å²) in [6.07, 6.45) is -2.16. The zero-order valence-electron chi connectivity index (χ0n) is 15.0. The van der Waals surface area contributed by atoms with E-state index in [9.17, 15) is 22.2 Å². The van der Waals surface area contributed by atoms with Crippen molar-refractivity contribution in [2.75, 3.05) is 13.4 Å². The van der Waals surface area contributed by atoms with Gasteiger partial charge in [0.2, 0.25) is 5.82 Å². The number of nitrogens with zero attached hydrogens (tertiary/aromatic N) is 4. The molecule has 3 aromatic rings. The number of benzene rings is 1. The summed E-state index contributed by atoms with van der Waals surface area (Å²) in [5.74, 6) is -2.08. The Labute approximate surface area is 162 Å². The molecule has 0 saturated carbocycles. The first-order chi connectivity index (χ1) is 13.6. The molecule has 0 aliphatic rings. The number of rotatable bonds is 4. The van der Waals surface area contributed by atoms with Gasteiger partial charge in [0.1, 0.15) is 11.4 Å². The van der Waals surface area contributed by atoms with Crippen molar-refractivity contribution in [3.8, 4) is 17.1 Å². The molecule has 0 aliphatic carbocycles. The maximum atomic E-state index is 12.8. The van der Waals surface area contributed by atoms with Gasteiger partial charge >= 0.3 is 18.0 Å². The molecule has 29 heavy (non-hydrogen) atoms. The Hall–Kier alpha value is -3.28. The molecular formula is C17H13F3N4O4S. The predicted molar refractivity (Wildman–Crippen MR) is 94.6 cm³/mol. The average molecular weight is 426 g/mol. The molecule has 3 rings (SSSR count). The second kappa shape index (κ2) is 7.62. The van der Waals surface area contributed by atoms with Crippen LogP contribution < -0.4 is 4.74 Å². The number of halogens is 3. The van der Waals surface area contributed by atoms with Crippen molar-refractivity contribution in [2.45, 2.75) is 11.1 Å². The molecule has 1 amide bonds. The topological polar surface area (TPSA) is 108 Å². The molecule has 1 unspecified atom stereocenters. The maximum Gasteiger partial charge on any atom is 0.471 e. The third-order valence-electron chi connectivity index (χ3n) is 3.67. The summed E-state index contributed by atoms with van der Waals surface area (Å²) in [6, 6.07) is 8.34. The maximum absolute atomic E-state index is 12.8. The molecule has 2 aromatic heterocycles. The molecule has 0 fully saturated rings. The minimum absolute atomic E-state index is 0.0107. The zero-order chi connectivity index (χ0) is 21.2. The smallest absolute Gasteiger partial charge is 0.471 e. The predicted octanol–water partition coefficient (Wildman–Crippen LogP) is 3.46. The number of ether oxygens (including phenoxy) is 1. The molecule has 0 bridgehead atoms. The number of amides is 1. The zero-order valence-corrected chi connectivity index (χ0v) is 15.8. The quantitative estimate of drug-likeness (QED) is 0.629. The lowest BCUT2D eigenvalue weighted by Crippen LogP contribution is -2.05. The Morgan fingerprint density at radius 1 is 1.17 bits per heavy atom. The molecule has 12 heteroatoms. The minimum Gasteiger partial charge on any atom is -0.495 e. The summed E-state index contributed by atoms with van der Waals surface area (Å²) in [4.78, 5) is 19.6. The lowest BCUT2D eigenvalue weighted by molar-refractivity contribution is -0.159. The van der Waals surface area contributed by atoms with Crippen molar-refractivity contribution in [2.24, 2.45) is 4.36 Å². The molecule has 0 radical (unpaired) electrons. The average Bonchev–Trinajstić information content (AvgIpc) is 3.18. The van der Waals surface area contributed by atoms with E-state index >= 15 is 0 Å². The van der Waals surface area contributed by atoms with Crippen molar-refractivity contribution in [1.82, 2.24) is 15.1 Å². The van der Waals surface area contributed by atoms with Crippen LogP contribution in [0.15, 0.2) is 56.4 Å². The van der Waals surface area contributed by atoms with Crippen LogP contribution in [0.25, 0.3) is 11.4 Å². The largest absolute Gasteiger partial charge is 0.495 e. The fraction of sp³-hybridized carbons (Fsp3) is 0.176. The monoisotopic (exact) mass is 426 g/mol. The highest BCUT2D eigenvalue weighted by Crippen LogP contribution is 2.29. The van der Waals surface area contributed by atoms with E-state index in [1.165, 1.54) is 56.0 Å². The Morgan fingerprint density at radius 3 is 2.38 bits per heavy atom. The van der Waals surface area contributed by atoms with Gasteiger partial charge in [0.25, 0.3) is 0 Å². The van der Waals surface area contributed by atoms with Gasteiger partial charge < -0.3 is 9.26 Å². The van der Waals surface area contributed by atoms with Gasteiger partial charge in [-0.1, -0.05) is 5.16 Å². The highest BCUT2D eigenvalue weighted by atomic mass is 32.2. The Bertz CT molecular complexity index is 1150. The van der Waals surface area contributed by atoms with Gasteiger partial charge in [-0.05, 0) is 36.4 Å². The lowest BCUT2D eigenvalue weighted by atomic mass is 10.2. The molecule has 0 aliphatic heterocycles. The summed E-state index contributed by atoms with van der Waals surface area (Å²) >= 11 is 0. The summed E-state index contributed by atoms with van der Waals surface area (Å²) in [5, 5.41) is 3.27. The van der Waals surface area contributed by atoms with Crippen LogP contribution >= 0.6 is 0 Å². The molecule has 1 aromatic carbocycles. The van der Waals surface area contributed by atoms with Crippen LogP contribution in [-0.4, -0.2) is 38.6 Å².